The molecule has 0 aliphatic heterocycles. The Kier molecular flexibility index (Phi) is 6.63. The van der Waals surface area contributed by atoms with Gasteiger partial charge in [0.2, 0.25) is 5.91 Å². The van der Waals surface area contributed by atoms with Crippen LogP contribution >= 0.6 is 11.6 Å². The minimum atomic E-state index is 0.0395. The number of hydrogen-bond acceptors (Lipinski definition) is 2. The van der Waals surface area contributed by atoms with E-state index in [0.29, 0.717) is 13.0 Å². The van der Waals surface area contributed by atoms with E-state index in [9.17, 15) is 4.79 Å². The van der Waals surface area contributed by atoms with Crippen molar-refractivity contribution in [2.45, 2.75) is 26.7 Å². The van der Waals surface area contributed by atoms with E-state index in [1.54, 1.807) is 0 Å². The maximum atomic E-state index is 12.0. The highest BCUT2D eigenvalue weighted by Gasteiger charge is 2.05. The van der Waals surface area contributed by atoms with Gasteiger partial charge in [0.1, 0.15) is 0 Å². The highest BCUT2D eigenvalue weighted by molar-refractivity contribution is 6.30. The molecule has 0 saturated heterocycles. The quantitative estimate of drug-likeness (QED) is 0.750. The Morgan fingerprint density at radius 1 is 1.04 bits per heavy atom. The third-order valence-electron chi connectivity index (χ3n) is 3.91. The Bertz CT molecular complexity index is 653. The number of benzene rings is 2. The van der Waals surface area contributed by atoms with Crippen molar-refractivity contribution in [1.29, 1.82) is 0 Å². The average molecular weight is 331 g/mol. The Hall–Kier alpha value is -1.84. The second kappa shape index (κ2) is 8.70. The molecule has 1 amide bonds. The summed E-state index contributed by atoms with van der Waals surface area (Å²) in [6.07, 6.45) is 1.39. The van der Waals surface area contributed by atoms with E-state index < -0.39 is 0 Å². The zero-order valence-electron chi connectivity index (χ0n) is 13.7. The fourth-order valence-corrected chi connectivity index (χ4v) is 2.44. The van der Waals surface area contributed by atoms with Crippen LogP contribution in [0.3, 0.4) is 0 Å². The first kappa shape index (κ1) is 17.5. The van der Waals surface area contributed by atoms with E-state index in [-0.39, 0.29) is 5.91 Å². The molecule has 23 heavy (non-hydrogen) atoms. The normalized spacial score (nSPS) is 10.6. The molecule has 2 aromatic carbocycles. The van der Waals surface area contributed by atoms with Gasteiger partial charge in [0.15, 0.2) is 0 Å². The molecule has 0 aliphatic rings. The van der Waals surface area contributed by atoms with Crippen LogP contribution in [0.1, 0.15) is 23.1 Å². The molecule has 0 spiro atoms. The Morgan fingerprint density at radius 2 is 1.78 bits per heavy atom. The van der Waals surface area contributed by atoms with Crippen LogP contribution in [0.5, 0.6) is 0 Å². The van der Waals surface area contributed by atoms with Gasteiger partial charge in [-0.1, -0.05) is 35.9 Å². The van der Waals surface area contributed by atoms with Gasteiger partial charge >= 0.3 is 0 Å². The highest BCUT2D eigenvalue weighted by atomic mass is 35.5. The first-order valence-corrected chi connectivity index (χ1v) is 8.25. The van der Waals surface area contributed by atoms with Crippen molar-refractivity contribution >= 4 is 23.2 Å². The number of rotatable bonds is 7. The van der Waals surface area contributed by atoms with Gasteiger partial charge in [-0.2, -0.15) is 0 Å². The average Bonchev–Trinajstić information content (AvgIpc) is 2.53. The predicted molar refractivity (Wildman–Crippen MR) is 97.2 cm³/mol. The Morgan fingerprint density at radius 3 is 2.52 bits per heavy atom. The number of carbonyl (C=O) groups excluding carboxylic acids is 1. The van der Waals surface area contributed by atoms with Gasteiger partial charge in [0.25, 0.3) is 0 Å². The SMILES string of the molecule is Cc1cccc(NC(=O)CCNCCc2ccc(Cl)cc2)c1C. The van der Waals surface area contributed by atoms with Crippen LogP contribution < -0.4 is 10.6 Å². The molecule has 0 saturated carbocycles. The first-order chi connectivity index (χ1) is 11.1. The summed E-state index contributed by atoms with van der Waals surface area (Å²) in [5.41, 5.74) is 4.44. The van der Waals surface area contributed by atoms with E-state index in [2.05, 4.69) is 10.6 Å². The predicted octanol–water partition coefficient (Wildman–Crippen LogP) is 4.12. The van der Waals surface area contributed by atoms with E-state index >= 15 is 0 Å². The molecular formula is C19H23ClN2O. The van der Waals surface area contributed by atoms with Crippen LogP contribution in [0, 0.1) is 13.8 Å². The summed E-state index contributed by atoms with van der Waals surface area (Å²) in [5, 5.41) is 7.02. The zero-order valence-corrected chi connectivity index (χ0v) is 14.4. The van der Waals surface area contributed by atoms with Crippen molar-refractivity contribution in [3.05, 3.63) is 64.2 Å². The topological polar surface area (TPSA) is 41.1 Å². The summed E-state index contributed by atoms with van der Waals surface area (Å²) >= 11 is 5.86. The lowest BCUT2D eigenvalue weighted by atomic mass is 10.1. The lowest BCUT2D eigenvalue weighted by Crippen LogP contribution is -2.23. The summed E-state index contributed by atoms with van der Waals surface area (Å²) in [4.78, 5) is 12.0. The van der Waals surface area contributed by atoms with Gasteiger partial charge in [-0.05, 0) is 61.7 Å². The number of anilines is 1. The zero-order chi connectivity index (χ0) is 16.7. The highest BCUT2D eigenvalue weighted by Crippen LogP contribution is 2.17. The van der Waals surface area contributed by atoms with Gasteiger partial charge < -0.3 is 10.6 Å². The van der Waals surface area contributed by atoms with Crippen molar-refractivity contribution in [2.75, 3.05) is 18.4 Å². The molecule has 122 valence electrons. The van der Waals surface area contributed by atoms with Crippen molar-refractivity contribution in [2.24, 2.45) is 0 Å². The molecule has 0 aromatic heterocycles. The molecule has 0 radical (unpaired) electrons. The minimum Gasteiger partial charge on any atom is -0.326 e. The largest absolute Gasteiger partial charge is 0.326 e. The fraction of sp³-hybridized carbons (Fsp3) is 0.316. The third-order valence-corrected chi connectivity index (χ3v) is 4.16. The molecule has 2 rings (SSSR count). The van der Waals surface area contributed by atoms with Crippen LogP contribution in [-0.2, 0) is 11.2 Å². The molecule has 2 aromatic rings. The lowest BCUT2D eigenvalue weighted by Gasteiger charge is -2.10. The summed E-state index contributed by atoms with van der Waals surface area (Å²) in [5.74, 6) is 0.0395. The van der Waals surface area contributed by atoms with Gasteiger partial charge in [-0.3, -0.25) is 4.79 Å². The summed E-state index contributed by atoms with van der Waals surface area (Å²) in [6.45, 7) is 5.58. The van der Waals surface area contributed by atoms with Crippen molar-refractivity contribution < 1.29 is 4.79 Å². The van der Waals surface area contributed by atoms with E-state index in [1.807, 2.05) is 56.3 Å². The fourth-order valence-electron chi connectivity index (χ4n) is 2.31. The molecule has 3 nitrogen and oxygen atoms in total. The molecule has 0 heterocycles. The first-order valence-electron chi connectivity index (χ1n) is 7.87. The molecule has 2 N–H and O–H groups in total. The Balaban J connectivity index is 1.67. The van der Waals surface area contributed by atoms with Gasteiger partial charge in [0, 0.05) is 23.7 Å². The molecular weight excluding hydrogens is 308 g/mol. The number of amides is 1. The summed E-state index contributed by atoms with van der Waals surface area (Å²) in [6, 6.07) is 13.8. The summed E-state index contributed by atoms with van der Waals surface area (Å²) < 4.78 is 0. The van der Waals surface area contributed by atoms with Crippen molar-refractivity contribution in [1.82, 2.24) is 5.32 Å². The maximum absolute atomic E-state index is 12.0. The minimum absolute atomic E-state index is 0.0395. The second-order valence-corrected chi connectivity index (χ2v) is 6.11. The van der Waals surface area contributed by atoms with E-state index in [4.69, 9.17) is 11.6 Å². The second-order valence-electron chi connectivity index (χ2n) is 5.67. The van der Waals surface area contributed by atoms with E-state index in [0.717, 1.165) is 29.2 Å². The van der Waals surface area contributed by atoms with Gasteiger partial charge in [-0.15, -0.1) is 0 Å². The molecule has 4 heteroatoms. The van der Waals surface area contributed by atoms with Crippen LogP contribution in [0.4, 0.5) is 5.69 Å². The van der Waals surface area contributed by atoms with Crippen molar-refractivity contribution in [3.8, 4) is 0 Å². The molecule has 0 fully saturated rings. The monoisotopic (exact) mass is 330 g/mol. The number of aryl methyl sites for hydroxylation is 1. The molecule has 0 aliphatic carbocycles. The van der Waals surface area contributed by atoms with Crippen LogP contribution in [0.2, 0.25) is 5.02 Å². The number of halogens is 1. The third kappa shape index (κ3) is 5.70. The number of hydrogen-bond donors (Lipinski definition) is 2. The van der Waals surface area contributed by atoms with Gasteiger partial charge in [0.05, 0.1) is 0 Å². The summed E-state index contributed by atoms with van der Waals surface area (Å²) in [7, 11) is 0. The lowest BCUT2D eigenvalue weighted by molar-refractivity contribution is -0.116. The number of nitrogens with one attached hydrogen (secondary N) is 2. The van der Waals surface area contributed by atoms with E-state index in [1.165, 1.54) is 11.1 Å². The Labute approximate surface area is 143 Å². The maximum Gasteiger partial charge on any atom is 0.225 e. The smallest absolute Gasteiger partial charge is 0.225 e. The standard InChI is InChI=1S/C19H23ClN2O/c1-14-4-3-5-18(15(14)2)22-19(23)11-13-21-12-10-16-6-8-17(20)9-7-16/h3-9,21H,10-13H2,1-2H3,(H,22,23). The molecule has 0 bridgehead atoms. The van der Waals surface area contributed by atoms with Crippen molar-refractivity contribution in [3.63, 3.8) is 0 Å². The van der Waals surface area contributed by atoms with Gasteiger partial charge in [-0.25, -0.2) is 0 Å². The molecule has 0 atom stereocenters. The molecule has 0 unspecified atom stereocenters. The van der Waals surface area contributed by atoms with Crippen LogP contribution in [0.15, 0.2) is 42.5 Å². The van der Waals surface area contributed by atoms with Crippen LogP contribution in [-0.4, -0.2) is 19.0 Å². The van der Waals surface area contributed by atoms with Crippen LogP contribution in [0.25, 0.3) is 0 Å². The number of carbonyl (C=O) groups is 1.